The first-order valence-electron chi connectivity index (χ1n) is 12.8. The maximum atomic E-state index is 10.7. The number of hydrogen-bond donors (Lipinski definition) is 1. The Labute approximate surface area is 213 Å². The van der Waals surface area contributed by atoms with Gasteiger partial charge in [-0.3, -0.25) is 4.98 Å². The summed E-state index contributed by atoms with van der Waals surface area (Å²) in [5.74, 6) is 1.35. The molecule has 5 rings (SSSR count). The molecule has 0 bridgehead atoms. The lowest BCUT2D eigenvalue weighted by atomic mass is 9.93. The maximum Gasteiger partial charge on any atom is 0.127 e. The molecule has 35 heavy (non-hydrogen) atoms. The van der Waals surface area contributed by atoms with E-state index in [1.165, 1.54) is 16.7 Å². The maximum absolute atomic E-state index is 10.7. The second kappa shape index (κ2) is 10.5. The third kappa shape index (κ3) is 5.60. The van der Waals surface area contributed by atoms with Crippen LogP contribution >= 0.6 is 11.6 Å². The standard InChI is InChI=1S/C30H33ClN2O2/c1-21(6-4-5-17-34)22-9-12-28(31)23(18-22)19-33-30(14-15-30)27-20-32-16-13-25(27)26-7-2-3-8-29(26)35-24-10-11-24/h2-3,7-9,12-13,16-18,20-21,24,33H,4-6,10-11,14-15,19H2,1H3. The summed E-state index contributed by atoms with van der Waals surface area (Å²) in [6.45, 7) is 2.92. The van der Waals surface area contributed by atoms with Gasteiger partial charge in [0.2, 0.25) is 0 Å². The number of aromatic nitrogens is 1. The molecule has 1 unspecified atom stereocenters. The molecule has 1 aromatic heterocycles. The Morgan fingerprint density at radius 2 is 2.00 bits per heavy atom. The molecule has 1 atom stereocenters. The fourth-order valence-corrected chi connectivity index (χ4v) is 4.99. The summed E-state index contributed by atoms with van der Waals surface area (Å²) in [6, 6.07) is 16.8. The molecular formula is C30H33ClN2O2. The Balaban J connectivity index is 1.36. The second-order valence-corrected chi connectivity index (χ2v) is 10.4. The van der Waals surface area contributed by atoms with Crippen LogP contribution in [0.5, 0.6) is 5.75 Å². The van der Waals surface area contributed by atoms with E-state index in [1.807, 2.05) is 24.5 Å². The van der Waals surface area contributed by atoms with Crippen molar-refractivity contribution < 1.29 is 9.53 Å². The zero-order valence-corrected chi connectivity index (χ0v) is 21.1. The van der Waals surface area contributed by atoms with Gasteiger partial charge in [0.05, 0.1) is 6.10 Å². The van der Waals surface area contributed by atoms with Gasteiger partial charge in [0.25, 0.3) is 0 Å². The monoisotopic (exact) mass is 488 g/mol. The van der Waals surface area contributed by atoms with Crippen molar-refractivity contribution in [2.75, 3.05) is 0 Å². The van der Waals surface area contributed by atoms with E-state index in [2.05, 4.69) is 53.6 Å². The van der Waals surface area contributed by atoms with E-state index in [0.717, 1.165) is 66.7 Å². The minimum Gasteiger partial charge on any atom is -0.490 e. The average Bonchev–Trinajstić information content (AvgIpc) is 3.81. The predicted molar refractivity (Wildman–Crippen MR) is 141 cm³/mol. The van der Waals surface area contributed by atoms with Crippen molar-refractivity contribution in [2.45, 2.75) is 76.0 Å². The van der Waals surface area contributed by atoms with Crippen molar-refractivity contribution in [3.05, 3.63) is 82.6 Å². The number of para-hydroxylation sites is 1. The molecule has 2 aromatic carbocycles. The molecule has 1 heterocycles. The summed E-state index contributed by atoms with van der Waals surface area (Å²) >= 11 is 6.61. The first-order chi connectivity index (χ1) is 17.1. The van der Waals surface area contributed by atoms with Crippen LogP contribution in [0.1, 0.15) is 74.5 Å². The molecular weight excluding hydrogens is 456 g/mol. The average molecular weight is 489 g/mol. The van der Waals surface area contributed by atoms with Gasteiger partial charge in [-0.05, 0) is 84.9 Å². The quantitative estimate of drug-likeness (QED) is 0.216. The fourth-order valence-electron chi connectivity index (χ4n) is 4.81. The van der Waals surface area contributed by atoms with E-state index in [4.69, 9.17) is 16.3 Å². The molecule has 2 aliphatic rings. The van der Waals surface area contributed by atoms with Gasteiger partial charge >= 0.3 is 0 Å². The van der Waals surface area contributed by atoms with Crippen LogP contribution in [0.25, 0.3) is 11.1 Å². The molecule has 2 aliphatic carbocycles. The molecule has 0 amide bonds. The fraction of sp³-hybridized carbons (Fsp3) is 0.400. The highest BCUT2D eigenvalue weighted by Gasteiger charge is 2.45. The van der Waals surface area contributed by atoms with E-state index in [-0.39, 0.29) is 5.54 Å². The normalized spacial score (nSPS) is 17.1. The van der Waals surface area contributed by atoms with Gasteiger partial charge in [0.15, 0.2) is 0 Å². The summed E-state index contributed by atoms with van der Waals surface area (Å²) in [5, 5.41) is 4.62. The van der Waals surface area contributed by atoms with Gasteiger partial charge in [-0.25, -0.2) is 0 Å². The Bertz CT molecular complexity index is 1190. The zero-order chi connectivity index (χ0) is 24.3. The van der Waals surface area contributed by atoms with Crippen LogP contribution in [0.4, 0.5) is 0 Å². The number of ether oxygens (including phenoxy) is 1. The van der Waals surface area contributed by atoms with Crippen molar-refractivity contribution in [3.63, 3.8) is 0 Å². The highest BCUT2D eigenvalue weighted by Crippen LogP contribution is 2.50. The number of pyridine rings is 1. The SMILES string of the molecule is CC(CCCC=O)c1ccc(Cl)c(CNC2(c3cnccc3-c3ccccc3OC3CC3)CC2)c1. The number of aldehydes is 1. The first kappa shape index (κ1) is 24.0. The second-order valence-electron chi connectivity index (χ2n) is 10.0. The Kier molecular flexibility index (Phi) is 7.22. The first-order valence-corrected chi connectivity index (χ1v) is 13.1. The summed E-state index contributed by atoms with van der Waals surface area (Å²) in [5.41, 5.74) is 5.82. The van der Waals surface area contributed by atoms with Crippen molar-refractivity contribution in [3.8, 4) is 16.9 Å². The van der Waals surface area contributed by atoms with Crippen molar-refractivity contribution in [1.82, 2.24) is 10.3 Å². The highest BCUT2D eigenvalue weighted by molar-refractivity contribution is 6.31. The van der Waals surface area contributed by atoms with Gasteiger partial charge in [-0.15, -0.1) is 0 Å². The minimum absolute atomic E-state index is 0.106. The molecule has 4 nitrogen and oxygen atoms in total. The highest BCUT2D eigenvalue weighted by atomic mass is 35.5. The number of halogens is 1. The van der Waals surface area contributed by atoms with E-state index in [0.29, 0.717) is 25.0 Å². The summed E-state index contributed by atoms with van der Waals surface area (Å²) in [4.78, 5) is 15.2. The van der Waals surface area contributed by atoms with E-state index in [1.54, 1.807) is 0 Å². The zero-order valence-electron chi connectivity index (χ0n) is 20.3. The summed E-state index contributed by atoms with van der Waals surface area (Å²) in [6.07, 6.45) is 12.2. The van der Waals surface area contributed by atoms with Gasteiger partial charge in [0.1, 0.15) is 12.0 Å². The van der Waals surface area contributed by atoms with Crippen LogP contribution in [0, 0.1) is 0 Å². The number of nitrogens with one attached hydrogen (secondary N) is 1. The van der Waals surface area contributed by atoms with Crippen LogP contribution in [0.2, 0.25) is 5.02 Å². The Morgan fingerprint density at radius 3 is 2.77 bits per heavy atom. The van der Waals surface area contributed by atoms with Gasteiger partial charge in [-0.2, -0.15) is 0 Å². The third-order valence-electron chi connectivity index (χ3n) is 7.30. The van der Waals surface area contributed by atoms with Gasteiger partial charge in [0, 0.05) is 41.5 Å². The lowest BCUT2D eigenvalue weighted by Crippen LogP contribution is -2.29. The topological polar surface area (TPSA) is 51.2 Å². The van der Waals surface area contributed by atoms with Crippen molar-refractivity contribution in [2.24, 2.45) is 0 Å². The van der Waals surface area contributed by atoms with Gasteiger partial charge in [-0.1, -0.05) is 48.9 Å². The molecule has 182 valence electrons. The predicted octanol–water partition coefficient (Wildman–Crippen LogP) is 7.19. The molecule has 2 fully saturated rings. The third-order valence-corrected chi connectivity index (χ3v) is 7.67. The summed E-state index contributed by atoms with van der Waals surface area (Å²) in [7, 11) is 0. The smallest absolute Gasteiger partial charge is 0.127 e. The number of hydrogen-bond acceptors (Lipinski definition) is 4. The number of nitrogens with zero attached hydrogens (tertiary/aromatic N) is 1. The Hall–Kier alpha value is -2.69. The van der Waals surface area contributed by atoms with Crippen LogP contribution in [0.3, 0.4) is 0 Å². The molecule has 3 aromatic rings. The molecule has 1 N–H and O–H groups in total. The molecule has 0 saturated heterocycles. The number of benzene rings is 2. The lowest BCUT2D eigenvalue weighted by molar-refractivity contribution is -0.107. The molecule has 0 radical (unpaired) electrons. The number of carbonyl (C=O) groups is 1. The summed E-state index contributed by atoms with van der Waals surface area (Å²) < 4.78 is 6.24. The molecule has 0 aliphatic heterocycles. The van der Waals surface area contributed by atoms with Gasteiger partial charge < -0.3 is 14.8 Å². The van der Waals surface area contributed by atoms with E-state index in [9.17, 15) is 4.79 Å². The van der Waals surface area contributed by atoms with Crippen LogP contribution in [0.15, 0.2) is 60.9 Å². The minimum atomic E-state index is -0.106. The van der Waals surface area contributed by atoms with Crippen LogP contribution in [-0.2, 0) is 16.9 Å². The largest absolute Gasteiger partial charge is 0.490 e. The van der Waals surface area contributed by atoms with Crippen LogP contribution in [-0.4, -0.2) is 17.4 Å². The van der Waals surface area contributed by atoms with E-state index >= 15 is 0 Å². The molecule has 0 spiro atoms. The number of unbranched alkanes of at least 4 members (excludes halogenated alkanes) is 1. The lowest BCUT2D eigenvalue weighted by Gasteiger charge is -2.23. The van der Waals surface area contributed by atoms with Crippen molar-refractivity contribution in [1.29, 1.82) is 0 Å². The van der Waals surface area contributed by atoms with Crippen LogP contribution < -0.4 is 10.1 Å². The number of rotatable bonds is 12. The molecule has 2 saturated carbocycles. The Morgan fingerprint density at radius 1 is 1.17 bits per heavy atom. The van der Waals surface area contributed by atoms with Crippen molar-refractivity contribution >= 4 is 17.9 Å². The molecule has 5 heteroatoms. The number of carbonyl (C=O) groups excluding carboxylic acids is 1. The van der Waals surface area contributed by atoms with E-state index < -0.39 is 0 Å².